The highest BCUT2D eigenvalue weighted by Gasteiger charge is 2.18. The first-order valence-electron chi connectivity index (χ1n) is 6.50. The van der Waals surface area contributed by atoms with E-state index in [0.29, 0.717) is 0 Å². The van der Waals surface area contributed by atoms with Crippen molar-refractivity contribution in [3.8, 4) is 17.2 Å². The Morgan fingerprint density at radius 3 is 2.62 bits per heavy atom. The number of aromatic nitrogens is 1. The van der Waals surface area contributed by atoms with Gasteiger partial charge in [0.25, 0.3) is 5.91 Å². The molecule has 1 aromatic carbocycles. The molecule has 0 spiro atoms. The molecule has 1 heterocycles. The summed E-state index contributed by atoms with van der Waals surface area (Å²) in [5.41, 5.74) is -0.0786. The van der Waals surface area contributed by atoms with Gasteiger partial charge in [-0.05, 0) is 6.92 Å². The zero-order valence-electron chi connectivity index (χ0n) is 12.7. The van der Waals surface area contributed by atoms with Gasteiger partial charge in [0.1, 0.15) is 5.75 Å². The van der Waals surface area contributed by atoms with Crippen LogP contribution in [-0.4, -0.2) is 40.8 Å². The number of ether oxygens (including phenoxy) is 2. The number of nitrogens with zero attached hydrogens (tertiary/aromatic N) is 1. The number of methoxy groups -OCH3 is 1. The van der Waals surface area contributed by atoms with Gasteiger partial charge in [0, 0.05) is 17.5 Å². The average molecular weight is 375 g/mol. The SMILES string of the molecule is CCOC(=O)c1csc(NC(=O)c2cc(O)c(OC)cc2O)n1.Cl. The van der Waals surface area contributed by atoms with Gasteiger partial charge in [-0.25, -0.2) is 9.78 Å². The van der Waals surface area contributed by atoms with E-state index in [-0.39, 0.29) is 52.7 Å². The lowest BCUT2D eigenvalue weighted by atomic mass is 10.1. The molecule has 2 aromatic rings. The summed E-state index contributed by atoms with van der Waals surface area (Å²) in [7, 11) is 1.32. The van der Waals surface area contributed by atoms with Crippen molar-refractivity contribution in [1.29, 1.82) is 0 Å². The molecule has 8 nitrogen and oxygen atoms in total. The lowest BCUT2D eigenvalue weighted by molar-refractivity contribution is 0.0520. The number of nitrogens with one attached hydrogen (secondary N) is 1. The molecule has 1 amide bonds. The molecular formula is C14H15ClN2O6S. The van der Waals surface area contributed by atoms with Crippen LogP contribution in [0, 0.1) is 0 Å². The molecule has 0 unspecified atom stereocenters. The van der Waals surface area contributed by atoms with Gasteiger partial charge in [-0.15, -0.1) is 23.7 Å². The zero-order valence-corrected chi connectivity index (χ0v) is 14.4. The lowest BCUT2D eigenvalue weighted by Gasteiger charge is -2.08. The number of thiazole rings is 1. The van der Waals surface area contributed by atoms with Crippen molar-refractivity contribution in [2.24, 2.45) is 0 Å². The van der Waals surface area contributed by atoms with Crippen molar-refractivity contribution in [2.75, 3.05) is 19.0 Å². The number of hydrogen-bond donors (Lipinski definition) is 3. The minimum atomic E-state index is -0.690. The summed E-state index contributed by atoms with van der Waals surface area (Å²) in [6.07, 6.45) is 0. The van der Waals surface area contributed by atoms with Crippen LogP contribution >= 0.6 is 23.7 Å². The number of hydrogen-bond acceptors (Lipinski definition) is 8. The number of amides is 1. The molecule has 0 fully saturated rings. The maximum atomic E-state index is 12.1. The summed E-state index contributed by atoms with van der Waals surface area (Å²) < 4.78 is 9.62. The van der Waals surface area contributed by atoms with Gasteiger partial charge in [0.2, 0.25) is 0 Å². The normalized spacial score (nSPS) is 9.75. The molecule has 10 heteroatoms. The van der Waals surface area contributed by atoms with Gasteiger partial charge < -0.3 is 19.7 Å². The van der Waals surface area contributed by atoms with Gasteiger partial charge in [-0.1, -0.05) is 0 Å². The fraction of sp³-hybridized carbons (Fsp3) is 0.214. The second-order valence-corrected chi connectivity index (χ2v) is 5.11. The van der Waals surface area contributed by atoms with Gasteiger partial charge in [0.15, 0.2) is 22.3 Å². The Kier molecular flexibility index (Phi) is 6.81. The van der Waals surface area contributed by atoms with E-state index in [4.69, 9.17) is 9.47 Å². The standard InChI is InChI=1S/C14H14N2O6S.ClH/c1-3-22-13(20)8-6-23-14(15-8)16-12(19)7-4-10(18)11(21-2)5-9(7)17;/h4-6,17-18H,3H2,1-2H3,(H,15,16,19);1H. The van der Waals surface area contributed by atoms with E-state index in [0.717, 1.165) is 23.5 Å². The van der Waals surface area contributed by atoms with Crippen LogP contribution in [0.25, 0.3) is 0 Å². The molecule has 3 N–H and O–H groups in total. The number of phenolic OH excluding ortho intramolecular Hbond substituents is 2. The van der Waals surface area contributed by atoms with Gasteiger partial charge >= 0.3 is 5.97 Å². The first-order chi connectivity index (χ1) is 11.0. The Morgan fingerprint density at radius 1 is 1.29 bits per heavy atom. The van der Waals surface area contributed by atoms with Gasteiger partial charge in [-0.3, -0.25) is 10.1 Å². The van der Waals surface area contributed by atoms with Crippen molar-refractivity contribution < 1.29 is 29.3 Å². The van der Waals surface area contributed by atoms with E-state index in [1.807, 2.05) is 0 Å². The third-order valence-corrected chi connectivity index (χ3v) is 3.51. The molecule has 0 atom stereocenters. The molecule has 1 aromatic heterocycles. The van der Waals surface area contributed by atoms with E-state index in [1.54, 1.807) is 6.92 Å². The Bertz CT molecular complexity index is 749. The number of carbonyl (C=O) groups excluding carboxylic acids is 2. The van der Waals surface area contributed by atoms with E-state index in [9.17, 15) is 19.8 Å². The van der Waals surface area contributed by atoms with Crippen LogP contribution in [0.1, 0.15) is 27.8 Å². The lowest BCUT2D eigenvalue weighted by Crippen LogP contribution is -2.12. The van der Waals surface area contributed by atoms with Crippen LogP contribution in [0.3, 0.4) is 0 Å². The number of rotatable bonds is 5. The van der Waals surface area contributed by atoms with Crippen LogP contribution in [0.5, 0.6) is 17.2 Å². The molecule has 130 valence electrons. The molecule has 0 bridgehead atoms. The first kappa shape index (κ1) is 19.5. The molecule has 0 saturated heterocycles. The number of benzene rings is 1. The number of halogens is 1. The van der Waals surface area contributed by atoms with Crippen molar-refractivity contribution in [3.63, 3.8) is 0 Å². The molecule has 0 aliphatic rings. The van der Waals surface area contributed by atoms with Crippen LogP contribution in [0.4, 0.5) is 5.13 Å². The van der Waals surface area contributed by atoms with Crippen molar-refractivity contribution >= 4 is 40.8 Å². The monoisotopic (exact) mass is 374 g/mol. The Labute approximate surface area is 147 Å². The zero-order chi connectivity index (χ0) is 17.0. The number of esters is 1. The van der Waals surface area contributed by atoms with Crippen molar-refractivity contribution in [3.05, 3.63) is 28.8 Å². The highest BCUT2D eigenvalue weighted by atomic mass is 35.5. The number of aromatic hydroxyl groups is 2. The molecular weight excluding hydrogens is 360 g/mol. The molecule has 0 aliphatic heterocycles. The minimum Gasteiger partial charge on any atom is -0.507 e. The molecule has 0 radical (unpaired) electrons. The maximum absolute atomic E-state index is 12.1. The molecule has 24 heavy (non-hydrogen) atoms. The van der Waals surface area contributed by atoms with Gasteiger partial charge in [-0.2, -0.15) is 0 Å². The fourth-order valence-electron chi connectivity index (χ4n) is 1.70. The topological polar surface area (TPSA) is 118 Å². The number of carbonyl (C=O) groups is 2. The van der Waals surface area contributed by atoms with Crippen molar-refractivity contribution in [1.82, 2.24) is 4.98 Å². The van der Waals surface area contributed by atoms with E-state index in [1.165, 1.54) is 12.5 Å². The highest BCUT2D eigenvalue weighted by Crippen LogP contribution is 2.33. The summed E-state index contributed by atoms with van der Waals surface area (Å²) in [6.45, 7) is 1.89. The largest absolute Gasteiger partial charge is 0.507 e. The van der Waals surface area contributed by atoms with E-state index in [2.05, 4.69) is 10.3 Å². The third-order valence-electron chi connectivity index (χ3n) is 2.75. The van der Waals surface area contributed by atoms with E-state index < -0.39 is 11.9 Å². The molecule has 0 saturated carbocycles. The summed E-state index contributed by atoms with van der Waals surface area (Å²) in [4.78, 5) is 27.5. The van der Waals surface area contributed by atoms with Crippen molar-refractivity contribution in [2.45, 2.75) is 6.92 Å². The van der Waals surface area contributed by atoms with Gasteiger partial charge in [0.05, 0.1) is 19.3 Å². The Morgan fingerprint density at radius 2 is 2.00 bits per heavy atom. The summed E-state index contributed by atoms with van der Waals surface area (Å²) >= 11 is 1.03. The quantitative estimate of drug-likeness (QED) is 0.543. The highest BCUT2D eigenvalue weighted by molar-refractivity contribution is 7.14. The summed E-state index contributed by atoms with van der Waals surface area (Å²) in [5.74, 6) is -1.89. The maximum Gasteiger partial charge on any atom is 0.357 e. The summed E-state index contributed by atoms with van der Waals surface area (Å²) in [5, 5.41) is 23.5. The predicted octanol–water partition coefficient (Wildman–Crippen LogP) is 2.41. The van der Waals surface area contributed by atoms with Crippen LogP contribution < -0.4 is 10.1 Å². The van der Waals surface area contributed by atoms with E-state index >= 15 is 0 Å². The predicted molar refractivity (Wildman–Crippen MR) is 89.6 cm³/mol. The summed E-state index contributed by atoms with van der Waals surface area (Å²) in [6, 6.07) is 2.19. The third kappa shape index (κ3) is 4.27. The van der Waals surface area contributed by atoms with Crippen LogP contribution in [0.15, 0.2) is 17.5 Å². The first-order valence-corrected chi connectivity index (χ1v) is 7.38. The average Bonchev–Trinajstić information content (AvgIpc) is 2.97. The fourth-order valence-corrected chi connectivity index (χ4v) is 2.37. The molecule has 2 rings (SSSR count). The second-order valence-electron chi connectivity index (χ2n) is 4.25. The Balaban J connectivity index is 0.00000288. The number of phenols is 2. The van der Waals surface area contributed by atoms with Crippen LogP contribution in [0.2, 0.25) is 0 Å². The number of anilines is 1. The second kappa shape index (κ2) is 8.37. The smallest absolute Gasteiger partial charge is 0.357 e. The molecule has 0 aliphatic carbocycles. The Hall–Kier alpha value is -2.52. The minimum absolute atomic E-state index is 0. The van der Waals surface area contributed by atoms with Crippen LogP contribution in [-0.2, 0) is 4.74 Å².